The number of rotatable bonds is 5. The molecule has 140 valence electrons. The van der Waals surface area contributed by atoms with Crippen LogP contribution in [-0.2, 0) is 9.84 Å². The van der Waals surface area contributed by atoms with Crippen LogP contribution in [0.1, 0.15) is 46.0 Å². The molecule has 4 atom stereocenters. The van der Waals surface area contributed by atoms with Gasteiger partial charge in [0.2, 0.25) is 0 Å². The maximum absolute atomic E-state index is 11.6. The molecule has 2 aliphatic carbocycles. The zero-order chi connectivity index (χ0) is 16.4. The van der Waals surface area contributed by atoms with Crippen LogP contribution >= 0.6 is 24.0 Å². The molecule has 3 rings (SSSR count). The molecule has 3 aliphatic rings. The van der Waals surface area contributed by atoms with E-state index in [1.807, 2.05) is 0 Å². The van der Waals surface area contributed by atoms with Gasteiger partial charge in [-0.05, 0) is 49.4 Å². The van der Waals surface area contributed by atoms with E-state index in [0.717, 1.165) is 30.8 Å². The summed E-state index contributed by atoms with van der Waals surface area (Å²) in [5, 5.41) is 7.05. The van der Waals surface area contributed by atoms with Gasteiger partial charge in [-0.2, -0.15) is 0 Å². The van der Waals surface area contributed by atoms with E-state index in [9.17, 15) is 8.42 Å². The molecule has 24 heavy (non-hydrogen) atoms. The Hall–Kier alpha value is -0.0500. The fourth-order valence-corrected chi connectivity index (χ4v) is 6.16. The van der Waals surface area contributed by atoms with Crippen molar-refractivity contribution >= 4 is 39.8 Å². The third-order valence-electron chi connectivity index (χ3n) is 5.56. The third-order valence-corrected chi connectivity index (χ3v) is 7.40. The van der Waals surface area contributed by atoms with Gasteiger partial charge in [0.25, 0.3) is 0 Å². The van der Waals surface area contributed by atoms with E-state index in [-0.39, 0.29) is 29.9 Å². The lowest BCUT2D eigenvalue weighted by molar-refractivity contribution is 0.386. The number of hydrogen-bond donors (Lipinski definition) is 2. The van der Waals surface area contributed by atoms with Crippen molar-refractivity contribution in [1.29, 1.82) is 0 Å². The van der Waals surface area contributed by atoms with E-state index < -0.39 is 9.84 Å². The van der Waals surface area contributed by atoms with E-state index in [0.29, 0.717) is 30.0 Å². The third kappa shape index (κ3) is 5.47. The van der Waals surface area contributed by atoms with Crippen molar-refractivity contribution in [1.82, 2.24) is 10.6 Å². The first kappa shape index (κ1) is 20.3. The Bertz CT molecular complexity index is 550. The fourth-order valence-electron chi connectivity index (χ4n) is 4.30. The van der Waals surface area contributed by atoms with Crippen molar-refractivity contribution in [3.05, 3.63) is 0 Å². The van der Waals surface area contributed by atoms with Crippen LogP contribution in [0.5, 0.6) is 0 Å². The molecule has 4 unspecified atom stereocenters. The normalized spacial score (nSPS) is 34.4. The lowest BCUT2D eigenvalue weighted by Crippen LogP contribution is -2.47. The summed E-state index contributed by atoms with van der Waals surface area (Å²) in [5.74, 6) is 4.03. The van der Waals surface area contributed by atoms with Crippen LogP contribution in [0.2, 0.25) is 0 Å². The molecule has 2 bridgehead atoms. The van der Waals surface area contributed by atoms with Crippen LogP contribution in [0.15, 0.2) is 4.99 Å². The minimum atomic E-state index is -2.80. The Morgan fingerprint density at radius 3 is 2.54 bits per heavy atom. The number of halogens is 1. The molecule has 1 saturated heterocycles. The summed E-state index contributed by atoms with van der Waals surface area (Å²) in [6.07, 6.45) is 6.16. The Labute approximate surface area is 163 Å². The lowest BCUT2D eigenvalue weighted by atomic mass is 9.95. The van der Waals surface area contributed by atoms with E-state index >= 15 is 0 Å². The summed E-state index contributed by atoms with van der Waals surface area (Å²) in [7, 11) is -2.80. The predicted octanol–water partition coefficient (Wildman–Crippen LogP) is 2.42. The van der Waals surface area contributed by atoms with Gasteiger partial charge in [-0.15, -0.1) is 24.0 Å². The Balaban J connectivity index is 0.00000208. The van der Waals surface area contributed by atoms with Crippen molar-refractivity contribution in [2.24, 2.45) is 28.7 Å². The van der Waals surface area contributed by atoms with E-state index in [2.05, 4.69) is 24.5 Å². The molecule has 0 aromatic rings. The summed E-state index contributed by atoms with van der Waals surface area (Å²) in [5.41, 5.74) is 0. The summed E-state index contributed by atoms with van der Waals surface area (Å²) in [4.78, 5) is 4.71. The van der Waals surface area contributed by atoms with Crippen molar-refractivity contribution in [2.75, 3.05) is 24.6 Å². The number of nitrogens with zero attached hydrogens (tertiary/aromatic N) is 1. The molecule has 0 spiro atoms. The van der Waals surface area contributed by atoms with Gasteiger partial charge < -0.3 is 10.6 Å². The molecule has 5 nitrogen and oxygen atoms in total. The molecule has 0 amide bonds. The largest absolute Gasteiger partial charge is 0.356 e. The van der Waals surface area contributed by atoms with Crippen LogP contribution in [0.25, 0.3) is 0 Å². The number of hydrogen-bond acceptors (Lipinski definition) is 3. The monoisotopic (exact) mass is 469 g/mol. The van der Waals surface area contributed by atoms with Gasteiger partial charge in [-0.3, -0.25) is 4.99 Å². The molecule has 3 fully saturated rings. The second-order valence-corrected chi connectivity index (χ2v) is 10.4. The number of fused-ring (bicyclic) bond motifs is 2. The fraction of sp³-hybridized carbons (Fsp3) is 0.941. The highest BCUT2D eigenvalue weighted by molar-refractivity contribution is 14.0. The number of guanidine groups is 1. The van der Waals surface area contributed by atoms with Gasteiger partial charge in [-0.1, -0.05) is 20.3 Å². The van der Waals surface area contributed by atoms with Crippen LogP contribution < -0.4 is 10.6 Å². The minimum absolute atomic E-state index is 0. The number of nitrogens with one attached hydrogen (secondary N) is 2. The molecule has 1 aliphatic heterocycles. The van der Waals surface area contributed by atoms with Crippen molar-refractivity contribution in [3.8, 4) is 0 Å². The van der Waals surface area contributed by atoms with Gasteiger partial charge in [0.05, 0.1) is 11.5 Å². The number of sulfone groups is 1. The highest BCUT2D eigenvalue weighted by atomic mass is 127. The van der Waals surface area contributed by atoms with Crippen molar-refractivity contribution in [2.45, 2.75) is 52.0 Å². The van der Waals surface area contributed by atoms with Crippen molar-refractivity contribution < 1.29 is 8.42 Å². The molecule has 0 radical (unpaired) electrons. The Kier molecular flexibility index (Phi) is 7.22. The Morgan fingerprint density at radius 2 is 2.00 bits per heavy atom. The quantitative estimate of drug-likeness (QED) is 0.369. The smallest absolute Gasteiger partial charge is 0.191 e. The SMILES string of the molecule is CC(C)CN=C(NCC1CCS(=O)(=O)C1)NC1CC2CCC1C2.I. The highest BCUT2D eigenvalue weighted by Crippen LogP contribution is 2.44. The van der Waals surface area contributed by atoms with Crippen LogP contribution in [0.4, 0.5) is 0 Å². The molecule has 2 saturated carbocycles. The van der Waals surface area contributed by atoms with Gasteiger partial charge in [0, 0.05) is 19.1 Å². The van der Waals surface area contributed by atoms with Crippen LogP contribution in [-0.4, -0.2) is 45.0 Å². The molecular formula is C17H32IN3O2S. The van der Waals surface area contributed by atoms with E-state index in [1.165, 1.54) is 25.7 Å². The second kappa shape index (κ2) is 8.56. The van der Waals surface area contributed by atoms with Gasteiger partial charge in [0.1, 0.15) is 0 Å². The zero-order valence-corrected chi connectivity index (χ0v) is 18.0. The van der Waals surface area contributed by atoms with E-state index in [1.54, 1.807) is 0 Å². The topological polar surface area (TPSA) is 70.6 Å². The summed E-state index contributed by atoms with van der Waals surface area (Å²) >= 11 is 0. The summed E-state index contributed by atoms with van der Waals surface area (Å²) in [6.45, 7) is 5.85. The summed E-state index contributed by atoms with van der Waals surface area (Å²) in [6, 6.07) is 0.555. The van der Waals surface area contributed by atoms with Crippen molar-refractivity contribution in [3.63, 3.8) is 0 Å². The summed E-state index contributed by atoms with van der Waals surface area (Å²) < 4.78 is 23.2. The molecule has 0 aromatic carbocycles. The maximum atomic E-state index is 11.6. The molecule has 7 heteroatoms. The van der Waals surface area contributed by atoms with E-state index in [4.69, 9.17) is 4.99 Å². The maximum Gasteiger partial charge on any atom is 0.191 e. The zero-order valence-electron chi connectivity index (χ0n) is 14.8. The van der Waals surface area contributed by atoms with Gasteiger partial charge >= 0.3 is 0 Å². The molecule has 1 heterocycles. The van der Waals surface area contributed by atoms with Crippen LogP contribution in [0, 0.1) is 23.7 Å². The number of aliphatic imine (C=N–C) groups is 1. The molecule has 2 N–H and O–H groups in total. The first-order valence-electron chi connectivity index (χ1n) is 9.16. The first-order chi connectivity index (χ1) is 10.9. The molecule has 0 aromatic heterocycles. The average Bonchev–Trinajstić information content (AvgIpc) is 3.17. The Morgan fingerprint density at radius 1 is 1.21 bits per heavy atom. The highest BCUT2D eigenvalue weighted by Gasteiger charge is 2.39. The second-order valence-electron chi connectivity index (χ2n) is 8.16. The lowest BCUT2D eigenvalue weighted by Gasteiger charge is -2.26. The van der Waals surface area contributed by atoms with Gasteiger partial charge in [-0.25, -0.2) is 8.42 Å². The first-order valence-corrected chi connectivity index (χ1v) is 11.0. The average molecular weight is 469 g/mol. The molecular weight excluding hydrogens is 437 g/mol. The predicted molar refractivity (Wildman–Crippen MR) is 110 cm³/mol. The van der Waals surface area contributed by atoms with Crippen LogP contribution in [0.3, 0.4) is 0 Å². The standard InChI is InChI=1S/C17H31N3O2S.HI/c1-12(2)9-18-17(19-10-14-5-6-23(21,22)11-14)20-16-8-13-3-4-15(16)7-13;/h12-16H,3-11H2,1-2H3,(H2,18,19,20);1H. The minimum Gasteiger partial charge on any atom is -0.356 e. The van der Waals surface area contributed by atoms with Gasteiger partial charge in [0.15, 0.2) is 15.8 Å².